The van der Waals surface area contributed by atoms with Crippen LogP contribution in [0, 0.1) is 29.6 Å². The summed E-state index contributed by atoms with van der Waals surface area (Å²) in [6, 6.07) is 0. The molecule has 0 N–H and O–H groups in total. The van der Waals surface area contributed by atoms with Crippen LogP contribution >= 0.6 is 0 Å². The van der Waals surface area contributed by atoms with Gasteiger partial charge in [-0.1, -0.05) is 37.8 Å². The van der Waals surface area contributed by atoms with E-state index < -0.39 is 6.08 Å². The van der Waals surface area contributed by atoms with Gasteiger partial charge in [0.05, 0.1) is 6.10 Å². The molecule has 2 aliphatic carbocycles. The van der Waals surface area contributed by atoms with Crippen molar-refractivity contribution in [2.75, 3.05) is 6.61 Å². The van der Waals surface area contributed by atoms with E-state index in [2.05, 4.69) is 19.1 Å². The van der Waals surface area contributed by atoms with Crippen LogP contribution in [-0.4, -0.2) is 12.7 Å². The van der Waals surface area contributed by atoms with Crippen LogP contribution in [0.15, 0.2) is 24.3 Å². The van der Waals surface area contributed by atoms with Crippen molar-refractivity contribution in [2.24, 2.45) is 29.6 Å². The molecule has 0 aromatic carbocycles. The Morgan fingerprint density at radius 1 is 0.793 bits per heavy atom. The summed E-state index contributed by atoms with van der Waals surface area (Å²) in [4.78, 5) is 0. The second-order valence-electron chi connectivity index (χ2n) is 10.1. The van der Waals surface area contributed by atoms with Gasteiger partial charge in [-0.2, -0.15) is 8.78 Å². The fourth-order valence-electron chi connectivity index (χ4n) is 6.12. The van der Waals surface area contributed by atoms with Crippen molar-refractivity contribution in [3.05, 3.63) is 24.3 Å². The third kappa shape index (κ3) is 7.81. The molecule has 3 aliphatic rings. The molecule has 3 fully saturated rings. The first-order valence-electron chi connectivity index (χ1n) is 12.4. The van der Waals surface area contributed by atoms with Crippen molar-refractivity contribution in [2.45, 2.75) is 103 Å². The van der Waals surface area contributed by atoms with E-state index >= 15 is 0 Å². The Morgan fingerprint density at radius 2 is 1.41 bits per heavy atom. The van der Waals surface area contributed by atoms with Crippen molar-refractivity contribution in [1.82, 2.24) is 0 Å². The van der Waals surface area contributed by atoms with Crippen LogP contribution in [0.5, 0.6) is 0 Å². The summed E-state index contributed by atoms with van der Waals surface area (Å²) in [5.41, 5.74) is 0. The van der Waals surface area contributed by atoms with E-state index in [9.17, 15) is 8.78 Å². The van der Waals surface area contributed by atoms with Gasteiger partial charge in [0.1, 0.15) is 0 Å². The molecule has 29 heavy (non-hydrogen) atoms. The quantitative estimate of drug-likeness (QED) is 0.367. The van der Waals surface area contributed by atoms with Gasteiger partial charge in [0.15, 0.2) is 0 Å². The average Bonchev–Trinajstić information content (AvgIpc) is 2.74. The van der Waals surface area contributed by atoms with Crippen molar-refractivity contribution in [3.8, 4) is 0 Å². The first-order chi connectivity index (χ1) is 14.1. The maximum Gasteiger partial charge on any atom is 0.266 e. The third-order valence-corrected chi connectivity index (χ3v) is 8.04. The summed E-state index contributed by atoms with van der Waals surface area (Å²) in [5.74, 6) is 3.99. The maximum absolute atomic E-state index is 12.2. The molecule has 166 valence electrons. The van der Waals surface area contributed by atoms with Gasteiger partial charge in [-0.3, -0.25) is 0 Å². The first-order valence-corrected chi connectivity index (χ1v) is 12.4. The number of ether oxygens (including phenoxy) is 1. The van der Waals surface area contributed by atoms with Gasteiger partial charge in [0.25, 0.3) is 6.08 Å². The monoisotopic (exact) mass is 408 g/mol. The number of hydrogen-bond acceptors (Lipinski definition) is 1. The van der Waals surface area contributed by atoms with Gasteiger partial charge < -0.3 is 4.74 Å². The summed E-state index contributed by atoms with van der Waals surface area (Å²) >= 11 is 0. The van der Waals surface area contributed by atoms with Gasteiger partial charge in [-0.15, -0.1) is 0 Å². The van der Waals surface area contributed by atoms with Gasteiger partial charge in [-0.25, -0.2) is 0 Å². The molecular formula is C26H42F2O. The lowest BCUT2D eigenvalue weighted by molar-refractivity contribution is -0.0595. The van der Waals surface area contributed by atoms with Crippen molar-refractivity contribution in [1.29, 1.82) is 0 Å². The molecule has 0 radical (unpaired) electrons. The van der Waals surface area contributed by atoms with Crippen molar-refractivity contribution in [3.63, 3.8) is 0 Å². The molecule has 1 heterocycles. The summed E-state index contributed by atoms with van der Waals surface area (Å²) < 4.78 is 30.5. The topological polar surface area (TPSA) is 9.23 Å². The SMILES string of the molecule is CC=CC1CCC(CCC2CCC(C3CCC(CCC=C(F)F)CO3)CC2)CC1. The first kappa shape index (κ1) is 23.0. The zero-order valence-electron chi connectivity index (χ0n) is 18.5. The Hall–Kier alpha value is -0.700. The highest BCUT2D eigenvalue weighted by molar-refractivity contribution is 4.89. The Balaban J connectivity index is 1.27. The largest absolute Gasteiger partial charge is 0.378 e. The van der Waals surface area contributed by atoms with Crippen molar-refractivity contribution < 1.29 is 13.5 Å². The molecule has 2 atom stereocenters. The Kier molecular flexibility index (Phi) is 9.69. The Labute approximate surface area is 177 Å². The Morgan fingerprint density at radius 3 is 1.97 bits per heavy atom. The van der Waals surface area contributed by atoms with Crippen molar-refractivity contribution >= 4 is 0 Å². The van der Waals surface area contributed by atoms with E-state index in [0.717, 1.165) is 55.6 Å². The molecule has 1 saturated heterocycles. The van der Waals surface area contributed by atoms with Crippen LogP contribution in [0.1, 0.15) is 96.8 Å². The van der Waals surface area contributed by atoms with E-state index in [1.165, 1.54) is 64.2 Å². The zero-order chi connectivity index (χ0) is 20.5. The molecule has 3 heteroatoms. The van der Waals surface area contributed by atoms with Crippen LogP contribution in [-0.2, 0) is 4.74 Å². The van der Waals surface area contributed by atoms with Crippen LogP contribution in [0.25, 0.3) is 0 Å². The number of allylic oxidation sites excluding steroid dienone is 3. The van der Waals surface area contributed by atoms with Gasteiger partial charge in [-0.05, 0) is 107 Å². The van der Waals surface area contributed by atoms with Crippen LogP contribution in [0.4, 0.5) is 8.78 Å². The standard InChI is InChI=1S/C26H42F2O/c1-2-4-20-7-9-21(10-8-20)11-12-22-13-16-24(17-14-22)25-18-15-23(19-29-25)5-3-6-26(27)28/h2,4,6,20-25H,3,5,7-19H2,1H3. The Bertz CT molecular complexity index is 501. The fourth-order valence-corrected chi connectivity index (χ4v) is 6.12. The minimum Gasteiger partial charge on any atom is -0.378 e. The molecule has 2 unspecified atom stereocenters. The van der Waals surface area contributed by atoms with Crippen LogP contribution in [0.2, 0.25) is 0 Å². The average molecular weight is 409 g/mol. The number of halogens is 2. The number of hydrogen-bond donors (Lipinski definition) is 0. The smallest absolute Gasteiger partial charge is 0.266 e. The lowest BCUT2D eigenvalue weighted by Crippen LogP contribution is -2.34. The third-order valence-electron chi connectivity index (χ3n) is 8.04. The molecule has 1 aliphatic heterocycles. The lowest BCUT2D eigenvalue weighted by atomic mass is 9.73. The molecule has 3 rings (SSSR count). The van der Waals surface area contributed by atoms with Gasteiger partial charge in [0.2, 0.25) is 0 Å². The molecule has 0 bridgehead atoms. The minimum absolute atomic E-state index is 0.433. The predicted molar refractivity (Wildman–Crippen MR) is 117 cm³/mol. The molecule has 0 spiro atoms. The summed E-state index contributed by atoms with van der Waals surface area (Å²) in [5, 5.41) is 0. The van der Waals surface area contributed by atoms with E-state index in [1.54, 1.807) is 0 Å². The van der Waals surface area contributed by atoms with Gasteiger partial charge in [0, 0.05) is 6.61 Å². The minimum atomic E-state index is -1.54. The second-order valence-corrected chi connectivity index (χ2v) is 10.1. The molecule has 0 amide bonds. The van der Waals surface area contributed by atoms with Crippen LogP contribution < -0.4 is 0 Å². The highest BCUT2D eigenvalue weighted by Gasteiger charge is 2.31. The summed E-state index contributed by atoms with van der Waals surface area (Å²) in [6.07, 6.45) is 22.2. The van der Waals surface area contributed by atoms with E-state index in [1.807, 2.05) is 0 Å². The molecule has 1 nitrogen and oxygen atoms in total. The molecule has 0 aromatic rings. The lowest BCUT2D eigenvalue weighted by Gasteiger charge is -2.38. The van der Waals surface area contributed by atoms with E-state index in [0.29, 0.717) is 18.4 Å². The van der Waals surface area contributed by atoms with E-state index in [4.69, 9.17) is 4.74 Å². The molecule has 2 saturated carbocycles. The molecular weight excluding hydrogens is 366 g/mol. The summed E-state index contributed by atoms with van der Waals surface area (Å²) in [7, 11) is 0. The van der Waals surface area contributed by atoms with Gasteiger partial charge >= 0.3 is 0 Å². The fraction of sp³-hybridized carbons (Fsp3) is 0.846. The summed E-state index contributed by atoms with van der Waals surface area (Å²) in [6.45, 7) is 2.93. The molecule has 0 aromatic heterocycles. The van der Waals surface area contributed by atoms with Crippen LogP contribution in [0.3, 0.4) is 0 Å². The second kappa shape index (κ2) is 12.2. The zero-order valence-corrected chi connectivity index (χ0v) is 18.5. The maximum atomic E-state index is 12.2. The number of rotatable bonds is 8. The highest BCUT2D eigenvalue weighted by Crippen LogP contribution is 2.40. The highest BCUT2D eigenvalue weighted by atomic mass is 19.3. The van der Waals surface area contributed by atoms with E-state index in [-0.39, 0.29) is 0 Å². The normalized spacial score (nSPS) is 36.2. The predicted octanol–water partition coefficient (Wildman–Crippen LogP) is 8.31.